The Hall–Kier alpha value is -3.38. The van der Waals surface area contributed by atoms with E-state index < -0.39 is 41.4 Å². The van der Waals surface area contributed by atoms with Crippen molar-refractivity contribution >= 4 is 35.5 Å². The van der Waals surface area contributed by atoms with E-state index in [0.29, 0.717) is 37.7 Å². The molecule has 1 aliphatic carbocycles. The number of hydrogen-bond acceptors (Lipinski definition) is 6. The second kappa shape index (κ2) is 17.0. The first kappa shape index (κ1) is 35.8. The standard InChI is InChI=1S/C30H54N8O5/c1-7-21-26(41)35-23(18-20-12-9-8-10-13-20)25(40)32-17-15-30(4,37-24(39)19(2)3)28(43)36-22(27(42)34-21)14-11-16-33-29(31)38(5)6/h19-23H,7-18H2,1-6H3,(H2,31,33)(H,32,40)(H,34,42)(H,35,41)(H,36,43)(H,37,39)/t21-,22-,23+,30+/m0/s1. The van der Waals surface area contributed by atoms with Crippen LogP contribution in [0.4, 0.5) is 0 Å². The van der Waals surface area contributed by atoms with Crippen LogP contribution in [0.5, 0.6) is 0 Å². The highest BCUT2D eigenvalue weighted by atomic mass is 16.2. The normalized spacial score (nSPS) is 27.0. The van der Waals surface area contributed by atoms with Crippen LogP contribution in [0.15, 0.2) is 4.99 Å². The van der Waals surface area contributed by atoms with Gasteiger partial charge < -0.3 is 37.2 Å². The number of nitrogens with zero attached hydrogens (tertiary/aromatic N) is 2. The van der Waals surface area contributed by atoms with Crippen molar-refractivity contribution in [3.05, 3.63) is 0 Å². The van der Waals surface area contributed by atoms with E-state index in [-0.39, 0.29) is 37.1 Å². The summed E-state index contributed by atoms with van der Waals surface area (Å²) in [5.74, 6) is -1.91. The van der Waals surface area contributed by atoms with Gasteiger partial charge in [-0.3, -0.25) is 29.0 Å². The topological polar surface area (TPSA) is 187 Å². The molecule has 2 rings (SSSR count). The molecule has 13 nitrogen and oxygen atoms in total. The fraction of sp³-hybridized carbons (Fsp3) is 0.800. The summed E-state index contributed by atoms with van der Waals surface area (Å²) < 4.78 is 0. The molecule has 13 heteroatoms. The minimum absolute atomic E-state index is 0.0860. The van der Waals surface area contributed by atoms with E-state index in [0.717, 1.165) is 25.7 Å². The van der Waals surface area contributed by atoms with Crippen molar-refractivity contribution in [1.29, 1.82) is 0 Å². The third kappa shape index (κ3) is 11.3. The van der Waals surface area contributed by atoms with Gasteiger partial charge in [0.2, 0.25) is 29.5 Å². The third-order valence-electron chi connectivity index (χ3n) is 8.32. The molecule has 43 heavy (non-hydrogen) atoms. The monoisotopic (exact) mass is 606 g/mol. The summed E-state index contributed by atoms with van der Waals surface area (Å²) in [6.45, 7) is 7.23. The molecule has 0 aromatic carbocycles. The zero-order valence-electron chi connectivity index (χ0n) is 26.9. The van der Waals surface area contributed by atoms with Gasteiger partial charge in [-0.15, -0.1) is 0 Å². The van der Waals surface area contributed by atoms with E-state index in [1.54, 1.807) is 46.7 Å². The van der Waals surface area contributed by atoms with Crippen LogP contribution < -0.4 is 32.3 Å². The molecule has 1 heterocycles. The van der Waals surface area contributed by atoms with Gasteiger partial charge in [-0.2, -0.15) is 0 Å². The Bertz CT molecular complexity index is 1010. The summed E-state index contributed by atoms with van der Waals surface area (Å²) >= 11 is 0. The summed E-state index contributed by atoms with van der Waals surface area (Å²) in [7, 11) is 3.54. The predicted octanol–water partition coefficient (Wildman–Crippen LogP) is 0.529. The van der Waals surface area contributed by atoms with E-state index in [1.807, 2.05) is 0 Å². The molecule has 2 aliphatic rings. The van der Waals surface area contributed by atoms with E-state index in [2.05, 4.69) is 31.6 Å². The third-order valence-corrected chi connectivity index (χ3v) is 8.32. The molecule has 0 bridgehead atoms. The first-order chi connectivity index (χ1) is 20.3. The van der Waals surface area contributed by atoms with Gasteiger partial charge in [-0.1, -0.05) is 52.9 Å². The van der Waals surface area contributed by atoms with Crippen LogP contribution in [-0.2, 0) is 24.0 Å². The zero-order chi connectivity index (χ0) is 32.2. The molecule has 244 valence electrons. The number of carbonyl (C=O) groups is 5. The lowest BCUT2D eigenvalue weighted by atomic mass is 9.84. The fourth-order valence-corrected chi connectivity index (χ4v) is 5.31. The van der Waals surface area contributed by atoms with Crippen molar-refractivity contribution in [1.82, 2.24) is 31.5 Å². The van der Waals surface area contributed by atoms with Gasteiger partial charge in [0.1, 0.15) is 23.7 Å². The number of rotatable bonds is 9. The maximum absolute atomic E-state index is 13.7. The average Bonchev–Trinajstić information content (AvgIpc) is 2.96. The van der Waals surface area contributed by atoms with Crippen LogP contribution in [0.25, 0.3) is 0 Å². The van der Waals surface area contributed by atoms with E-state index in [4.69, 9.17) is 5.73 Å². The Morgan fingerprint density at radius 1 is 1.00 bits per heavy atom. The SMILES string of the molecule is CC[C@@H]1NC(=O)[C@H](CCCN=C(N)N(C)C)NC(=O)[C@](C)(NC(=O)C(C)C)CCNC(=O)[C@@H](CC2CCCCC2)NC1=O. The minimum Gasteiger partial charge on any atom is -0.370 e. The molecule has 0 aromatic rings. The zero-order valence-corrected chi connectivity index (χ0v) is 26.9. The number of hydrogen-bond donors (Lipinski definition) is 6. The molecule has 5 amide bonds. The number of nitrogens with two attached hydrogens (primary N) is 1. The summed E-state index contributed by atoms with van der Waals surface area (Å²) in [4.78, 5) is 72.6. The van der Waals surface area contributed by atoms with Gasteiger partial charge in [0.05, 0.1) is 0 Å². The molecule has 1 aliphatic heterocycles. The van der Waals surface area contributed by atoms with Crippen molar-refractivity contribution in [2.24, 2.45) is 22.6 Å². The van der Waals surface area contributed by atoms with Crippen molar-refractivity contribution in [2.45, 2.75) is 116 Å². The van der Waals surface area contributed by atoms with E-state index >= 15 is 0 Å². The Labute approximate surface area is 256 Å². The average molecular weight is 607 g/mol. The van der Waals surface area contributed by atoms with Gasteiger partial charge in [-0.25, -0.2) is 0 Å². The molecule has 0 radical (unpaired) electrons. The minimum atomic E-state index is -1.41. The van der Waals surface area contributed by atoms with Crippen LogP contribution in [0, 0.1) is 11.8 Å². The summed E-state index contributed by atoms with van der Waals surface area (Å²) in [6.07, 6.45) is 6.91. The number of guanidine groups is 1. The number of amides is 5. The number of aliphatic imine (C=N–C) groups is 1. The van der Waals surface area contributed by atoms with Gasteiger partial charge >= 0.3 is 0 Å². The molecule has 0 unspecified atom stereocenters. The highest BCUT2D eigenvalue weighted by molar-refractivity contribution is 5.97. The Morgan fingerprint density at radius 2 is 1.63 bits per heavy atom. The lowest BCUT2D eigenvalue weighted by Gasteiger charge is -2.34. The van der Waals surface area contributed by atoms with Crippen molar-refractivity contribution < 1.29 is 24.0 Å². The second-order valence-corrected chi connectivity index (χ2v) is 12.6. The van der Waals surface area contributed by atoms with Crippen LogP contribution in [0.2, 0.25) is 0 Å². The highest BCUT2D eigenvalue weighted by Crippen LogP contribution is 2.27. The molecule has 1 saturated carbocycles. The smallest absolute Gasteiger partial charge is 0.246 e. The lowest BCUT2D eigenvalue weighted by molar-refractivity contribution is -0.138. The van der Waals surface area contributed by atoms with Crippen LogP contribution in [-0.4, -0.2) is 91.2 Å². The second-order valence-electron chi connectivity index (χ2n) is 12.6. The predicted molar refractivity (Wildman–Crippen MR) is 166 cm³/mol. The van der Waals surface area contributed by atoms with E-state index in [9.17, 15) is 24.0 Å². The Balaban J connectivity index is 2.37. The van der Waals surface area contributed by atoms with E-state index in [1.165, 1.54) is 6.42 Å². The molecule has 1 saturated heterocycles. The van der Waals surface area contributed by atoms with Crippen molar-refractivity contribution in [2.75, 3.05) is 27.2 Å². The molecule has 7 N–H and O–H groups in total. The number of nitrogens with one attached hydrogen (secondary N) is 5. The molecule has 2 fully saturated rings. The van der Waals surface area contributed by atoms with Gasteiger partial charge in [-0.05, 0) is 44.9 Å². The van der Waals surface area contributed by atoms with Crippen molar-refractivity contribution in [3.8, 4) is 0 Å². The fourth-order valence-electron chi connectivity index (χ4n) is 5.31. The Morgan fingerprint density at radius 3 is 2.23 bits per heavy atom. The maximum atomic E-state index is 13.7. The first-order valence-electron chi connectivity index (χ1n) is 15.8. The summed E-state index contributed by atoms with van der Waals surface area (Å²) in [5, 5.41) is 14.2. The van der Waals surface area contributed by atoms with Gasteiger partial charge in [0.15, 0.2) is 5.96 Å². The van der Waals surface area contributed by atoms with Crippen LogP contribution in [0.1, 0.15) is 91.9 Å². The van der Waals surface area contributed by atoms with Crippen LogP contribution >= 0.6 is 0 Å². The summed E-state index contributed by atoms with van der Waals surface area (Å²) in [6, 6.07) is -2.66. The number of carbonyl (C=O) groups excluding carboxylic acids is 5. The van der Waals surface area contributed by atoms with Gasteiger partial charge in [0, 0.05) is 33.1 Å². The van der Waals surface area contributed by atoms with Gasteiger partial charge in [0.25, 0.3) is 0 Å². The Kier molecular flexibility index (Phi) is 14.2. The molecular formula is C30H54N8O5. The molecule has 0 aromatic heterocycles. The van der Waals surface area contributed by atoms with Crippen molar-refractivity contribution in [3.63, 3.8) is 0 Å². The maximum Gasteiger partial charge on any atom is 0.246 e. The molecular weight excluding hydrogens is 552 g/mol. The molecule has 0 spiro atoms. The lowest BCUT2D eigenvalue weighted by Crippen LogP contribution is -2.63. The largest absolute Gasteiger partial charge is 0.370 e. The van der Waals surface area contributed by atoms with Crippen LogP contribution in [0.3, 0.4) is 0 Å². The quantitative estimate of drug-likeness (QED) is 0.125. The summed E-state index contributed by atoms with van der Waals surface area (Å²) in [5.41, 5.74) is 4.47. The highest BCUT2D eigenvalue weighted by Gasteiger charge is 2.39. The first-order valence-corrected chi connectivity index (χ1v) is 15.8. The molecule has 4 atom stereocenters.